The molecule has 0 spiro atoms. The predicted molar refractivity (Wildman–Crippen MR) is 168 cm³/mol. The number of aliphatic hydroxyl groups is 1. The van der Waals surface area contributed by atoms with Gasteiger partial charge in [0.05, 0.1) is 29.1 Å². The molecule has 0 aliphatic heterocycles. The zero-order valence-electron chi connectivity index (χ0n) is 23.4. The molecule has 0 saturated carbocycles. The Morgan fingerprint density at radius 1 is 0.864 bits per heavy atom. The number of aromatic nitrogens is 1. The molecule has 1 atom stereocenters. The van der Waals surface area contributed by atoms with E-state index in [4.69, 9.17) is 11.6 Å². The number of hydrogen-bond acceptors (Lipinski definition) is 7. The average Bonchev–Trinajstić information content (AvgIpc) is 3.08. The van der Waals surface area contributed by atoms with Gasteiger partial charge in [-0.3, -0.25) is 19.4 Å². The minimum atomic E-state index is -1.70. The SMILES string of the molecule is CN(c1ccc(Cl)cc1)c1ccc(C(=O)c2ccc(NC(=O)c3ccccc3C#N)c(C(O)C(=O)c3ccccc3)c2)nc1. The lowest BCUT2D eigenvalue weighted by Gasteiger charge is -2.19. The fraction of sp³-hybridized carbons (Fsp3) is 0.0571. The van der Waals surface area contributed by atoms with Crippen LogP contribution in [0.4, 0.5) is 17.1 Å². The zero-order chi connectivity index (χ0) is 31.2. The highest BCUT2D eigenvalue weighted by Crippen LogP contribution is 2.30. The average molecular weight is 601 g/mol. The summed E-state index contributed by atoms with van der Waals surface area (Å²) < 4.78 is 0. The summed E-state index contributed by atoms with van der Waals surface area (Å²) in [6.07, 6.45) is -0.132. The van der Waals surface area contributed by atoms with Crippen LogP contribution in [-0.2, 0) is 0 Å². The predicted octanol–water partition coefficient (Wildman–Crippen LogP) is 6.77. The number of Topliss-reactive ketones (excluding diaryl/α,β-unsaturated/α-hetero) is 1. The number of pyridine rings is 1. The summed E-state index contributed by atoms with van der Waals surface area (Å²) in [5.41, 5.74) is 2.60. The van der Waals surface area contributed by atoms with Crippen molar-refractivity contribution in [3.8, 4) is 6.07 Å². The van der Waals surface area contributed by atoms with Crippen LogP contribution in [0.1, 0.15) is 54.0 Å². The Labute approximate surface area is 258 Å². The van der Waals surface area contributed by atoms with Crippen molar-refractivity contribution in [1.82, 2.24) is 4.98 Å². The van der Waals surface area contributed by atoms with Gasteiger partial charge < -0.3 is 15.3 Å². The van der Waals surface area contributed by atoms with Crippen molar-refractivity contribution < 1.29 is 19.5 Å². The van der Waals surface area contributed by atoms with E-state index in [0.717, 1.165) is 11.4 Å². The molecule has 44 heavy (non-hydrogen) atoms. The Kier molecular flexibility index (Phi) is 8.91. The number of amides is 1. The fourth-order valence-electron chi connectivity index (χ4n) is 4.59. The molecule has 0 bridgehead atoms. The smallest absolute Gasteiger partial charge is 0.257 e. The second-order valence-corrected chi connectivity index (χ2v) is 10.2. The van der Waals surface area contributed by atoms with E-state index in [1.165, 1.54) is 30.3 Å². The zero-order valence-corrected chi connectivity index (χ0v) is 24.2. The van der Waals surface area contributed by atoms with Gasteiger partial charge in [-0.2, -0.15) is 5.26 Å². The summed E-state index contributed by atoms with van der Waals surface area (Å²) in [6, 6.07) is 31.4. The monoisotopic (exact) mass is 600 g/mol. The molecular weight excluding hydrogens is 576 g/mol. The molecule has 0 aliphatic carbocycles. The number of carbonyl (C=O) groups excluding carboxylic acids is 3. The Morgan fingerprint density at radius 3 is 2.23 bits per heavy atom. The van der Waals surface area contributed by atoms with Crippen molar-refractivity contribution in [2.24, 2.45) is 0 Å². The van der Waals surface area contributed by atoms with Crippen LogP contribution in [0.15, 0.2) is 115 Å². The number of benzene rings is 4. The maximum atomic E-state index is 13.5. The Hall–Kier alpha value is -5.62. The normalized spacial score (nSPS) is 11.2. The van der Waals surface area contributed by atoms with Crippen LogP contribution in [0.3, 0.4) is 0 Å². The van der Waals surface area contributed by atoms with Crippen molar-refractivity contribution >= 4 is 46.1 Å². The molecule has 1 unspecified atom stereocenters. The molecular formula is C35H25ClN4O4. The van der Waals surface area contributed by atoms with Crippen molar-refractivity contribution in [2.75, 3.05) is 17.3 Å². The lowest BCUT2D eigenvalue weighted by Crippen LogP contribution is -2.19. The summed E-state index contributed by atoms with van der Waals surface area (Å²) in [6.45, 7) is 0. The Morgan fingerprint density at radius 2 is 1.55 bits per heavy atom. The van der Waals surface area contributed by atoms with E-state index in [2.05, 4.69) is 10.3 Å². The lowest BCUT2D eigenvalue weighted by molar-refractivity contribution is 0.0747. The number of halogens is 1. The molecule has 1 aromatic heterocycles. The molecule has 2 N–H and O–H groups in total. The van der Waals surface area contributed by atoms with Crippen LogP contribution in [0.25, 0.3) is 0 Å². The summed E-state index contributed by atoms with van der Waals surface area (Å²) in [5.74, 6) is -1.67. The van der Waals surface area contributed by atoms with Crippen LogP contribution in [0.2, 0.25) is 5.02 Å². The van der Waals surface area contributed by atoms with Gasteiger partial charge in [0.25, 0.3) is 5.91 Å². The third-order valence-electron chi connectivity index (χ3n) is 7.04. The Bertz CT molecular complexity index is 1890. The molecule has 5 aromatic rings. The number of nitrogens with zero attached hydrogens (tertiary/aromatic N) is 3. The van der Waals surface area contributed by atoms with Crippen LogP contribution in [0, 0.1) is 11.3 Å². The molecule has 5 rings (SSSR count). The van der Waals surface area contributed by atoms with E-state index in [0.29, 0.717) is 5.02 Å². The van der Waals surface area contributed by atoms with Crippen LogP contribution >= 0.6 is 11.6 Å². The van der Waals surface area contributed by atoms with E-state index in [1.54, 1.807) is 72.9 Å². The van der Waals surface area contributed by atoms with Crippen molar-refractivity contribution in [3.05, 3.63) is 154 Å². The number of carbonyl (C=O) groups is 3. The van der Waals surface area contributed by atoms with Crippen LogP contribution < -0.4 is 10.2 Å². The van der Waals surface area contributed by atoms with Gasteiger partial charge in [-0.05, 0) is 66.7 Å². The molecule has 0 radical (unpaired) electrons. The second kappa shape index (κ2) is 13.1. The number of ketones is 2. The highest BCUT2D eigenvalue weighted by atomic mass is 35.5. The van der Waals surface area contributed by atoms with Crippen molar-refractivity contribution in [2.45, 2.75) is 6.10 Å². The summed E-state index contributed by atoms with van der Waals surface area (Å²) >= 11 is 6.00. The number of aliphatic hydroxyl groups excluding tert-OH is 1. The van der Waals surface area contributed by atoms with Gasteiger partial charge in [-0.25, -0.2) is 0 Å². The van der Waals surface area contributed by atoms with Gasteiger partial charge in [-0.1, -0.05) is 54.1 Å². The van der Waals surface area contributed by atoms with Gasteiger partial charge in [-0.15, -0.1) is 0 Å². The van der Waals surface area contributed by atoms with Gasteiger partial charge in [0, 0.05) is 40.1 Å². The molecule has 1 amide bonds. The summed E-state index contributed by atoms with van der Waals surface area (Å²) in [7, 11) is 1.86. The second-order valence-electron chi connectivity index (χ2n) is 9.81. The molecule has 0 fully saturated rings. The quantitative estimate of drug-likeness (QED) is 0.179. The third-order valence-corrected chi connectivity index (χ3v) is 7.29. The first-order valence-corrected chi connectivity index (χ1v) is 13.9. The van der Waals surface area contributed by atoms with Crippen LogP contribution in [0.5, 0.6) is 0 Å². The van der Waals surface area contributed by atoms with E-state index >= 15 is 0 Å². The topological polar surface area (TPSA) is 123 Å². The van der Waals surface area contributed by atoms with Gasteiger partial charge in [0.1, 0.15) is 11.8 Å². The van der Waals surface area contributed by atoms with E-state index in [9.17, 15) is 24.8 Å². The first kappa shape index (κ1) is 29.9. The van der Waals surface area contributed by atoms with Gasteiger partial charge >= 0.3 is 0 Å². The van der Waals surface area contributed by atoms with Crippen molar-refractivity contribution in [1.29, 1.82) is 5.26 Å². The van der Waals surface area contributed by atoms with E-state index in [1.807, 2.05) is 30.1 Å². The van der Waals surface area contributed by atoms with Crippen LogP contribution in [-0.4, -0.2) is 34.6 Å². The highest BCUT2D eigenvalue weighted by molar-refractivity contribution is 6.30. The maximum Gasteiger partial charge on any atom is 0.257 e. The summed E-state index contributed by atoms with van der Waals surface area (Å²) in [5, 5.41) is 24.0. The fourth-order valence-corrected chi connectivity index (χ4v) is 4.72. The molecule has 8 nitrogen and oxygen atoms in total. The largest absolute Gasteiger partial charge is 0.380 e. The maximum absolute atomic E-state index is 13.5. The molecule has 0 aliphatic rings. The van der Waals surface area contributed by atoms with E-state index < -0.39 is 23.6 Å². The minimum absolute atomic E-state index is 0.0200. The number of nitriles is 1. The summed E-state index contributed by atoms with van der Waals surface area (Å²) in [4.78, 5) is 46.1. The van der Waals surface area contributed by atoms with Gasteiger partial charge in [0.2, 0.25) is 5.78 Å². The van der Waals surface area contributed by atoms with Crippen molar-refractivity contribution in [3.63, 3.8) is 0 Å². The lowest BCUT2D eigenvalue weighted by atomic mass is 9.95. The standard InChI is InChI=1S/C35H25ClN4O4/c1-40(26-14-12-25(36)13-15-26)27-16-18-31(38-21-27)32(41)23-11-17-30(39-35(44)28-10-6-5-9-24(28)20-37)29(19-23)34(43)33(42)22-7-3-2-4-8-22/h2-19,21,34,43H,1H3,(H,39,44). The first-order chi connectivity index (χ1) is 21.3. The molecule has 9 heteroatoms. The van der Waals surface area contributed by atoms with Gasteiger partial charge in [0.15, 0.2) is 5.78 Å². The number of anilines is 3. The minimum Gasteiger partial charge on any atom is -0.380 e. The third kappa shape index (κ3) is 6.40. The molecule has 4 aromatic carbocycles. The number of hydrogen-bond donors (Lipinski definition) is 2. The molecule has 1 heterocycles. The molecule has 216 valence electrons. The number of nitrogens with one attached hydrogen (secondary N) is 1. The highest BCUT2D eigenvalue weighted by Gasteiger charge is 2.25. The van der Waals surface area contributed by atoms with E-state index in [-0.39, 0.29) is 39.2 Å². The molecule has 0 saturated heterocycles. The first-order valence-electron chi connectivity index (χ1n) is 13.5. The Balaban J connectivity index is 1.47. The number of rotatable bonds is 9.